The van der Waals surface area contributed by atoms with Gasteiger partial charge in [-0.15, -0.1) is 0 Å². The van der Waals surface area contributed by atoms with E-state index >= 15 is 0 Å². The Morgan fingerprint density at radius 3 is 2.29 bits per heavy atom. The Balaban J connectivity index is 1.86. The summed E-state index contributed by atoms with van der Waals surface area (Å²) in [7, 11) is -3.35. The molecule has 2 rings (SSSR count). The summed E-state index contributed by atoms with van der Waals surface area (Å²) in [6, 6.07) is 0. The molecule has 1 saturated heterocycles. The van der Waals surface area contributed by atoms with Gasteiger partial charge in [-0.05, 0) is 30.6 Å². The van der Waals surface area contributed by atoms with E-state index in [2.05, 4.69) is 0 Å². The van der Waals surface area contributed by atoms with Gasteiger partial charge in [0.15, 0.2) is 9.84 Å². The molecular weight excluding hydrogens is 294 g/mol. The molecule has 2 aliphatic rings. The fourth-order valence-corrected chi connectivity index (χ4v) is 4.99. The summed E-state index contributed by atoms with van der Waals surface area (Å²) < 4.78 is 23.7. The number of piperidine rings is 1. The van der Waals surface area contributed by atoms with E-state index in [0.717, 1.165) is 0 Å². The average Bonchev–Trinajstić information content (AvgIpc) is 3.01. The zero-order valence-corrected chi connectivity index (χ0v) is 13.4. The van der Waals surface area contributed by atoms with Crippen molar-refractivity contribution in [3.05, 3.63) is 0 Å². The number of nitrogens with zero attached hydrogens (tertiary/aromatic N) is 1. The molecule has 1 aliphatic carbocycles. The van der Waals surface area contributed by atoms with E-state index in [1.807, 2.05) is 13.8 Å². The van der Waals surface area contributed by atoms with Gasteiger partial charge in [0.05, 0.1) is 11.7 Å². The minimum Gasteiger partial charge on any atom is -0.481 e. The van der Waals surface area contributed by atoms with Gasteiger partial charge in [0.1, 0.15) is 5.75 Å². The smallest absolute Gasteiger partial charge is 0.307 e. The number of carboxylic acid groups (broad SMARTS) is 1. The van der Waals surface area contributed by atoms with Crippen LogP contribution in [-0.2, 0) is 19.4 Å². The summed E-state index contributed by atoms with van der Waals surface area (Å²) in [5.74, 6) is -1.78. The predicted octanol–water partition coefficient (Wildman–Crippen LogP) is 0.770. The second kappa shape index (κ2) is 5.59. The van der Waals surface area contributed by atoms with Gasteiger partial charge in [0.2, 0.25) is 5.91 Å². The molecule has 1 unspecified atom stereocenters. The van der Waals surface area contributed by atoms with Crippen LogP contribution < -0.4 is 0 Å². The summed E-state index contributed by atoms with van der Waals surface area (Å²) in [6.07, 6.45) is 2.02. The molecular formula is C14H23NO5S. The third-order valence-corrected chi connectivity index (χ3v) is 6.39. The minimum absolute atomic E-state index is 0.00946. The summed E-state index contributed by atoms with van der Waals surface area (Å²) in [5, 5.41) is 9.02. The van der Waals surface area contributed by atoms with E-state index in [1.54, 1.807) is 4.90 Å². The van der Waals surface area contributed by atoms with Crippen LogP contribution in [-0.4, -0.2) is 54.9 Å². The van der Waals surface area contributed by atoms with Crippen LogP contribution in [0.1, 0.15) is 33.1 Å². The molecule has 0 radical (unpaired) electrons. The van der Waals surface area contributed by atoms with Crippen molar-refractivity contribution in [2.75, 3.05) is 24.6 Å². The monoisotopic (exact) mass is 317 g/mol. The zero-order chi connectivity index (χ0) is 15.8. The first-order chi connectivity index (χ1) is 9.65. The molecule has 1 atom stereocenters. The van der Waals surface area contributed by atoms with Crippen LogP contribution in [0.15, 0.2) is 0 Å². The van der Waals surface area contributed by atoms with Gasteiger partial charge in [0, 0.05) is 13.1 Å². The quantitative estimate of drug-likeness (QED) is 0.808. The molecule has 6 nitrogen and oxygen atoms in total. The summed E-state index contributed by atoms with van der Waals surface area (Å²) >= 11 is 0. The predicted molar refractivity (Wildman–Crippen MR) is 77.5 cm³/mol. The Morgan fingerprint density at radius 2 is 1.86 bits per heavy atom. The van der Waals surface area contributed by atoms with Crippen molar-refractivity contribution >= 4 is 21.7 Å². The number of carbonyl (C=O) groups excluding carboxylic acids is 1. The highest BCUT2D eigenvalue weighted by Crippen LogP contribution is 2.59. The molecule has 0 bridgehead atoms. The van der Waals surface area contributed by atoms with Gasteiger partial charge in [-0.2, -0.15) is 0 Å². The Morgan fingerprint density at radius 1 is 1.29 bits per heavy atom. The van der Waals surface area contributed by atoms with Crippen LogP contribution in [0, 0.1) is 17.3 Å². The van der Waals surface area contributed by atoms with E-state index in [0.29, 0.717) is 32.4 Å². The molecule has 0 aromatic carbocycles. The highest BCUT2D eigenvalue weighted by atomic mass is 32.2. The van der Waals surface area contributed by atoms with E-state index in [1.165, 1.54) is 0 Å². The topological polar surface area (TPSA) is 91.8 Å². The molecule has 1 spiro atoms. The van der Waals surface area contributed by atoms with Gasteiger partial charge < -0.3 is 10.0 Å². The maximum Gasteiger partial charge on any atom is 0.307 e. The first-order valence-electron chi connectivity index (χ1n) is 7.36. The van der Waals surface area contributed by atoms with Crippen molar-refractivity contribution in [3.8, 4) is 0 Å². The molecule has 1 amide bonds. The van der Waals surface area contributed by atoms with Crippen LogP contribution in [0.3, 0.4) is 0 Å². The SMILES string of the molecule is CC(C)CS(=O)(=O)CC(=O)N1CCC2(CC1)CC2C(=O)O. The number of sulfone groups is 1. The Bertz CT molecular complexity index is 532. The highest BCUT2D eigenvalue weighted by molar-refractivity contribution is 7.92. The van der Waals surface area contributed by atoms with E-state index in [-0.39, 0.29) is 28.9 Å². The molecule has 120 valence electrons. The second-order valence-corrected chi connectivity index (χ2v) is 8.90. The maximum absolute atomic E-state index is 12.1. The number of hydrogen-bond donors (Lipinski definition) is 1. The highest BCUT2D eigenvalue weighted by Gasteiger charge is 2.59. The molecule has 1 saturated carbocycles. The van der Waals surface area contributed by atoms with Gasteiger partial charge in [-0.3, -0.25) is 9.59 Å². The number of carbonyl (C=O) groups is 2. The molecule has 1 heterocycles. The van der Waals surface area contributed by atoms with Crippen molar-refractivity contribution in [2.45, 2.75) is 33.1 Å². The minimum atomic E-state index is -3.35. The largest absolute Gasteiger partial charge is 0.481 e. The number of carboxylic acids is 1. The third kappa shape index (κ3) is 3.75. The van der Waals surface area contributed by atoms with Crippen LogP contribution in [0.2, 0.25) is 0 Å². The van der Waals surface area contributed by atoms with E-state index in [9.17, 15) is 18.0 Å². The first kappa shape index (κ1) is 16.3. The summed E-state index contributed by atoms with van der Waals surface area (Å²) in [4.78, 5) is 24.6. The molecule has 1 N–H and O–H groups in total. The average molecular weight is 317 g/mol. The fraction of sp³-hybridized carbons (Fsp3) is 0.857. The molecule has 1 aliphatic heterocycles. The first-order valence-corrected chi connectivity index (χ1v) is 9.18. The van der Waals surface area contributed by atoms with Gasteiger partial charge in [-0.25, -0.2) is 8.42 Å². The fourth-order valence-electron chi connectivity index (χ4n) is 3.30. The molecule has 2 fully saturated rings. The normalized spacial score (nSPS) is 24.3. The van der Waals surface area contributed by atoms with Crippen LogP contribution >= 0.6 is 0 Å². The van der Waals surface area contributed by atoms with Gasteiger partial charge in [0.25, 0.3) is 0 Å². The van der Waals surface area contributed by atoms with Gasteiger partial charge in [-0.1, -0.05) is 13.8 Å². The Labute approximate surface area is 125 Å². The van der Waals surface area contributed by atoms with Crippen LogP contribution in [0.5, 0.6) is 0 Å². The molecule has 21 heavy (non-hydrogen) atoms. The lowest BCUT2D eigenvalue weighted by atomic mass is 9.91. The summed E-state index contributed by atoms with van der Waals surface area (Å²) in [5.41, 5.74) is -0.139. The number of rotatable bonds is 5. The maximum atomic E-state index is 12.1. The zero-order valence-electron chi connectivity index (χ0n) is 12.5. The van der Waals surface area contributed by atoms with Gasteiger partial charge >= 0.3 is 5.97 Å². The second-order valence-electron chi connectivity index (χ2n) is 6.79. The lowest BCUT2D eigenvalue weighted by Gasteiger charge is -2.32. The lowest BCUT2D eigenvalue weighted by molar-refractivity contribution is -0.139. The van der Waals surface area contributed by atoms with E-state index in [4.69, 9.17) is 5.11 Å². The van der Waals surface area contributed by atoms with Crippen molar-refractivity contribution in [3.63, 3.8) is 0 Å². The summed E-state index contributed by atoms with van der Waals surface area (Å²) in [6.45, 7) is 4.57. The van der Waals surface area contributed by atoms with Crippen molar-refractivity contribution in [1.29, 1.82) is 0 Å². The van der Waals surface area contributed by atoms with E-state index < -0.39 is 21.6 Å². The third-order valence-electron chi connectivity index (χ3n) is 4.53. The standard InChI is InChI=1S/C14H23NO5S/c1-10(2)8-21(19,20)9-12(16)15-5-3-14(4-6-15)7-11(14)13(17)18/h10-11H,3-9H2,1-2H3,(H,17,18). The molecule has 7 heteroatoms. The number of aliphatic carboxylic acids is 1. The van der Waals surface area contributed by atoms with Crippen molar-refractivity contribution in [2.24, 2.45) is 17.3 Å². The Hall–Kier alpha value is -1.11. The number of likely N-dealkylation sites (tertiary alicyclic amines) is 1. The molecule has 0 aromatic heterocycles. The Kier molecular flexibility index (Phi) is 4.33. The van der Waals surface area contributed by atoms with Crippen LogP contribution in [0.25, 0.3) is 0 Å². The lowest BCUT2D eigenvalue weighted by Crippen LogP contribution is -2.43. The van der Waals surface area contributed by atoms with Crippen LogP contribution in [0.4, 0.5) is 0 Å². The molecule has 0 aromatic rings. The van der Waals surface area contributed by atoms with Crippen molar-refractivity contribution < 1.29 is 23.1 Å². The van der Waals surface area contributed by atoms with Crippen molar-refractivity contribution in [1.82, 2.24) is 4.90 Å². The number of amides is 1. The number of hydrogen-bond acceptors (Lipinski definition) is 4.